The lowest BCUT2D eigenvalue weighted by atomic mass is 10.2. The minimum Gasteiger partial charge on any atom is -0.305 e. The molecule has 0 amide bonds. The Morgan fingerprint density at radius 2 is 2.21 bits per heavy atom. The van der Waals surface area contributed by atoms with Crippen LogP contribution in [0.1, 0.15) is 5.56 Å². The molecule has 0 saturated carbocycles. The van der Waals surface area contributed by atoms with Gasteiger partial charge < -0.3 is 4.84 Å². The van der Waals surface area contributed by atoms with Crippen molar-refractivity contribution in [2.45, 2.75) is 11.4 Å². The molecule has 0 radical (unpaired) electrons. The second kappa shape index (κ2) is 7.06. The highest BCUT2D eigenvalue weighted by molar-refractivity contribution is 7.98. The lowest BCUT2D eigenvalue weighted by Gasteiger charge is -2.07. The fourth-order valence-electron chi connectivity index (χ4n) is 1.01. The molecule has 0 unspecified atom stereocenters. The van der Waals surface area contributed by atoms with Gasteiger partial charge in [0.1, 0.15) is 5.82 Å². The molecule has 2 nitrogen and oxygen atoms in total. The van der Waals surface area contributed by atoms with E-state index in [1.807, 2.05) is 6.26 Å². The summed E-state index contributed by atoms with van der Waals surface area (Å²) >= 11 is 1.52. The van der Waals surface area contributed by atoms with E-state index in [0.29, 0.717) is 6.54 Å². The Hall–Kier alpha value is -0.290. The third-order valence-electron chi connectivity index (χ3n) is 1.66. The SMILES string of the molecule is CONCc1ccc(F)cc1SC.Cl. The van der Waals surface area contributed by atoms with Gasteiger partial charge in [0.05, 0.1) is 7.11 Å². The summed E-state index contributed by atoms with van der Waals surface area (Å²) in [5.74, 6) is -0.203. The van der Waals surface area contributed by atoms with Crippen LogP contribution in [0.4, 0.5) is 4.39 Å². The van der Waals surface area contributed by atoms with Crippen LogP contribution in [0.2, 0.25) is 0 Å². The maximum Gasteiger partial charge on any atom is 0.124 e. The van der Waals surface area contributed by atoms with Crippen molar-refractivity contribution in [3.63, 3.8) is 0 Å². The molecule has 0 aliphatic heterocycles. The zero-order valence-corrected chi connectivity index (χ0v) is 9.67. The van der Waals surface area contributed by atoms with E-state index in [-0.39, 0.29) is 18.2 Å². The highest BCUT2D eigenvalue weighted by Gasteiger charge is 2.02. The van der Waals surface area contributed by atoms with Crippen LogP contribution in [0.5, 0.6) is 0 Å². The predicted octanol–water partition coefficient (Wildman–Crippen LogP) is 2.62. The highest BCUT2D eigenvalue weighted by Crippen LogP contribution is 2.21. The second-order valence-electron chi connectivity index (χ2n) is 2.48. The largest absolute Gasteiger partial charge is 0.305 e. The van der Waals surface area contributed by atoms with Crippen LogP contribution in [0.25, 0.3) is 0 Å². The van der Waals surface area contributed by atoms with E-state index in [4.69, 9.17) is 4.84 Å². The molecule has 1 aromatic rings. The monoisotopic (exact) mass is 237 g/mol. The molecule has 1 aromatic carbocycles. The number of benzene rings is 1. The molecular formula is C9H13ClFNOS. The fraction of sp³-hybridized carbons (Fsp3) is 0.333. The molecule has 0 bridgehead atoms. The van der Waals surface area contributed by atoms with Crippen molar-refractivity contribution in [1.29, 1.82) is 0 Å². The van der Waals surface area contributed by atoms with Crippen molar-refractivity contribution >= 4 is 24.2 Å². The molecule has 1 N–H and O–H groups in total. The van der Waals surface area contributed by atoms with Crippen molar-refractivity contribution in [3.05, 3.63) is 29.6 Å². The lowest BCUT2D eigenvalue weighted by molar-refractivity contribution is 0.0862. The van der Waals surface area contributed by atoms with Gasteiger partial charge in [0.2, 0.25) is 0 Å². The van der Waals surface area contributed by atoms with Crippen LogP contribution in [0.15, 0.2) is 23.1 Å². The van der Waals surface area contributed by atoms with Crippen molar-refractivity contribution in [2.24, 2.45) is 0 Å². The number of halogens is 2. The van der Waals surface area contributed by atoms with E-state index in [2.05, 4.69) is 5.48 Å². The first-order valence-electron chi connectivity index (χ1n) is 3.86. The molecule has 1 rings (SSSR count). The van der Waals surface area contributed by atoms with E-state index < -0.39 is 0 Å². The molecule has 0 heterocycles. The molecule has 0 fully saturated rings. The smallest absolute Gasteiger partial charge is 0.124 e. The van der Waals surface area contributed by atoms with Gasteiger partial charge in [0.15, 0.2) is 0 Å². The summed E-state index contributed by atoms with van der Waals surface area (Å²) in [7, 11) is 1.56. The summed E-state index contributed by atoms with van der Waals surface area (Å²) < 4.78 is 12.8. The Morgan fingerprint density at radius 1 is 1.50 bits per heavy atom. The molecule has 0 spiro atoms. The summed E-state index contributed by atoms with van der Waals surface area (Å²) in [6.07, 6.45) is 1.92. The molecule has 5 heteroatoms. The van der Waals surface area contributed by atoms with Crippen LogP contribution in [-0.4, -0.2) is 13.4 Å². The predicted molar refractivity (Wildman–Crippen MR) is 59.3 cm³/mol. The Bertz CT molecular complexity index is 286. The first-order chi connectivity index (χ1) is 6.27. The van der Waals surface area contributed by atoms with Crippen LogP contribution in [0, 0.1) is 5.82 Å². The maximum atomic E-state index is 12.8. The fourth-order valence-corrected chi connectivity index (χ4v) is 1.65. The van der Waals surface area contributed by atoms with Crippen molar-refractivity contribution in [2.75, 3.05) is 13.4 Å². The van der Waals surface area contributed by atoms with Crippen LogP contribution < -0.4 is 5.48 Å². The topological polar surface area (TPSA) is 21.3 Å². The minimum absolute atomic E-state index is 0. The number of hydrogen-bond donors (Lipinski definition) is 1. The summed E-state index contributed by atoms with van der Waals surface area (Å²) in [5.41, 5.74) is 3.76. The molecule has 0 atom stereocenters. The zero-order chi connectivity index (χ0) is 9.68. The van der Waals surface area contributed by atoms with Crippen molar-refractivity contribution in [1.82, 2.24) is 5.48 Å². The van der Waals surface area contributed by atoms with Gasteiger partial charge in [0, 0.05) is 11.4 Å². The van der Waals surface area contributed by atoms with Crippen LogP contribution in [0.3, 0.4) is 0 Å². The third kappa shape index (κ3) is 3.84. The number of hydrogen-bond acceptors (Lipinski definition) is 3. The molecule has 80 valence electrons. The van der Waals surface area contributed by atoms with E-state index in [1.165, 1.54) is 23.9 Å². The highest BCUT2D eigenvalue weighted by atomic mass is 35.5. The van der Waals surface area contributed by atoms with Crippen molar-refractivity contribution < 1.29 is 9.23 Å². The number of nitrogens with one attached hydrogen (secondary N) is 1. The van der Waals surface area contributed by atoms with Gasteiger partial charge in [0.25, 0.3) is 0 Å². The Balaban J connectivity index is 0.00000169. The van der Waals surface area contributed by atoms with Gasteiger partial charge >= 0.3 is 0 Å². The van der Waals surface area contributed by atoms with Gasteiger partial charge in [-0.2, -0.15) is 5.48 Å². The normalized spacial score (nSPS) is 9.64. The second-order valence-corrected chi connectivity index (χ2v) is 3.33. The van der Waals surface area contributed by atoms with Gasteiger partial charge in [-0.25, -0.2) is 4.39 Å². The van der Waals surface area contributed by atoms with E-state index in [0.717, 1.165) is 10.5 Å². The average Bonchev–Trinajstić information content (AvgIpc) is 2.16. The first kappa shape index (κ1) is 13.7. The molecule has 0 saturated heterocycles. The van der Waals surface area contributed by atoms with Crippen LogP contribution >= 0.6 is 24.2 Å². The number of hydroxylamine groups is 1. The average molecular weight is 238 g/mol. The number of rotatable bonds is 4. The molecule has 0 aliphatic carbocycles. The summed E-state index contributed by atoms with van der Waals surface area (Å²) in [5, 5.41) is 0. The Labute approximate surface area is 93.6 Å². The van der Waals surface area contributed by atoms with E-state index >= 15 is 0 Å². The summed E-state index contributed by atoms with van der Waals surface area (Å²) in [6.45, 7) is 0.590. The quantitative estimate of drug-likeness (QED) is 0.643. The van der Waals surface area contributed by atoms with Crippen molar-refractivity contribution in [3.8, 4) is 0 Å². The van der Waals surface area contributed by atoms with Gasteiger partial charge in [-0.05, 0) is 24.0 Å². The van der Waals surface area contributed by atoms with E-state index in [9.17, 15) is 4.39 Å². The molecule has 0 aromatic heterocycles. The summed E-state index contributed by atoms with van der Waals surface area (Å²) in [6, 6.07) is 4.73. The molecular weight excluding hydrogens is 225 g/mol. The van der Waals surface area contributed by atoms with Crippen LogP contribution in [-0.2, 0) is 11.4 Å². The third-order valence-corrected chi connectivity index (χ3v) is 2.48. The first-order valence-corrected chi connectivity index (χ1v) is 5.08. The van der Waals surface area contributed by atoms with Gasteiger partial charge in [-0.1, -0.05) is 6.07 Å². The minimum atomic E-state index is -0.203. The Kier molecular flexibility index (Phi) is 6.92. The maximum absolute atomic E-state index is 12.8. The molecule has 0 aliphatic rings. The van der Waals surface area contributed by atoms with E-state index in [1.54, 1.807) is 13.2 Å². The van der Waals surface area contributed by atoms with Gasteiger partial charge in [-0.3, -0.25) is 0 Å². The lowest BCUT2D eigenvalue weighted by Crippen LogP contribution is -2.11. The molecule has 14 heavy (non-hydrogen) atoms. The number of thioether (sulfide) groups is 1. The zero-order valence-electron chi connectivity index (χ0n) is 8.04. The summed E-state index contributed by atoms with van der Waals surface area (Å²) in [4.78, 5) is 5.66. The van der Waals surface area contributed by atoms with Gasteiger partial charge in [-0.15, -0.1) is 24.2 Å². The standard InChI is InChI=1S/C9H12FNOS.ClH/c1-12-11-6-7-3-4-8(10)5-9(7)13-2;/h3-5,11H,6H2,1-2H3;1H. The Morgan fingerprint density at radius 3 is 2.79 bits per heavy atom.